The molecule has 0 spiro atoms. The molecule has 0 aromatic heterocycles. The summed E-state index contributed by atoms with van der Waals surface area (Å²) in [4.78, 5) is 25.2. The number of piperidine rings is 1. The molecule has 0 bridgehead atoms. The van der Waals surface area contributed by atoms with E-state index in [1.165, 1.54) is 28.6 Å². The molecular weight excluding hydrogens is 420 g/mol. The maximum absolute atomic E-state index is 13.1. The summed E-state index contributed by atoms with van der Waals surface area (Å²) in [6.45, 7) is 2.54. The van der Waals surface area contributed by atoms with Gasteiger partial charge in [-0.25, -0.2) is 8.42 Å². The second-order valence-electron chi connectivity index (χ2n) is 7.75. The molecule has 1 amide bonds. The first-order valence-electron chi connectivity index (χ1n) is 9.99. The minimum atomic E-state index is -3.66. The molecule has 166 valence electrons. The van der Waals surface area contributed by atoms with E-state index >= 15 is 0 Å². The second-order valence-corrected chi connectivity index (χ2v) is 9.69. The molecule has 2 aromatic rings. The van der Waals surface area contributed by atoms with Gasteiger partial charge in [-0.2, -0.15) is 4.31 Å². The summed E-state index contributed by atoms with van der Waals surface area (Å²) in [5.74, 6) is -0.478. The molecule has 0 unspecified atom stereocenters. The van der Waals surface area contributed by atoms with Gasteiger partial charge in [0.05, 0.1) is 21.2 Å². The Balaban J connectivity index is 1.94. The third kappa shape index (κ3) is 4.86. The third-order valence-electron chi connectivity index (χ3n) is 5.31. The van der Waals surface area contributed by atoms with Crippen LogP contribution in [0.1, 0.15) is 35.2 Å². The zero-order valence-corrected chi connectivity index (χ0v) is 18.6. The number of carbonyl (C=O) groups is 1. The molecule has 0 radical (unpaired) electrons. The molecule has 31 heavy (non-hydrogen) atoms. The van der Waals surface area contributed by atoms with Gasteiger partial charge in [0.2, 0.25) is 10.0 Å². The number of rotatable bonds is 6. The first kappa shape index (κ1) is 22.7. The van der Waals surface area contributed by atoms with E-state index in [0.29, 0.717) is 30.0 Å². The van der Waals surface area contributed by atoms with E-state index in [4.69, 9.17) is 0 Å². The summed E-state index contributed by atoms with van der Waals surface area (Å²) in [6, 6.07) is 8.78. The Labute approximate surface area is 181 Å². The van der Waals surface area contributed by atoms with Crippen LogP contribution in [0.25, 0.3) is 0 Å². The minimum absolute atomic E-state index is 0.0693. The van der Waals surface area contributed by atoms with Crippen molar-refractivity contribution in [2.75, 3.05) is 37.4 Å². The van der Waals surface area contributed by atoms with Crippen LogP contribution in [-0.2, 0) is 10.0 Å². The number of nitrogens with zero attached hydrogens (tertiary/aromatic N) is 3. The van der Waals surface area contributed by atoms with Crippen LogP contribution in [-0.4, -0.2) is 50.7 Å². The summed E-state index contributed by atoms with van der Waals surface area (Å²) in [5.41, 5.74) is 1.54. The number of sulfonamides is 1. The maximum Gasteiger partial charge on any atom is 0.272 e. The Morgan fingerprint density at radius 1 is 1.10 bits per heavy atom. The number of anilines is 2. The van der Waals surface area contributed by atoms with Gasteiger partial charge < -0.3 is 10.2 Å². The number of carbonyl (C=O) groups excluding carboxylic acids is 1. The summed E-state index contributed by atoms with van der Waals surface area (Å²) >= 11 is 0. The van der Waals surface area contributed by atoms with Crippen LogP contribution in [0.3, 0.4) is 0 Å². The lowest BCUT2D eigenvalue weighted by atomic mass is 10.1. The number of amides is 1. The number of hydrogen-bond donors (Lipinski definition) is 1. The molecule has 10 heteroatoms. The van der Waals surface area contributed by atoms with Gasteiger partial charge in [-0.05, 0) is 50.1 Å². The number of aryl methyl sites for hydroxylation is 1. The van der Waals surface area contributed by atoms with Crippen molar-refractivity contribution in [2.45, 2.75) is 31.1 Å². The molecule has 3 rings (SSSR count). The smallest absolute Gasteiger partial charge is 0.272 e. The molecule has 1 saturated heterocycles. The Hall–Kier alpha value is -2.98. The van der Waals surface area contributed by atoms with Crippen LogP contribution >= 0.6 is 0 Å². The highest BCUT2D eigenvalue weighted by Crippen LogP contribution is 2.30. The second kappa shape index (κ2) is 9.03. The summed E-state index contributed by atoms with van der Waals surface area (Å²) in [7, 11) is -0.0778. The van der Waals surface area contributed by atoms with Crippen LogP contribution in [0, 0.1) is 17.0 Å². The van der Waals surface area contributed by atoms with Gasteiger partial charge in [0.15, 0.2) is 0 Å². The predicted octanol–water partition coefficient (Wildman–Crippen LogP) is 3.40. The van der Waals surface area contributed by atoms with E-state index in [1.54, 1.807) is 38.1 Å². The van der Waals surface area contributed by atoms with Gasteiger partial charge >= 0.3 is 0 Å². The van der Waals surface area contributed by atoms with Crippen molar-refractivity contribution in [3.63, 3.8) is 0 Å². The van der Waals surface area contributed by atoms with Gasteiger partial charge in [-0.15, -0.1) is 0 Å². The molecule has 0 aliphatic carbocycles. The van der Waals surface area contributed by atoms with E-state index < -0.39 is 20.9 Å². The molecule has 9 nitrogen and oxygen atoms in total. The zero-order chi connectivity index (χ0) is 22.8. The number of nitro groups is 1. The SMILES string of the molecule is Cc1cc(C(=O)Nc2cc(S(=O)(=O)N3CCCCC3)ccc2N(C)C)ccc1[N+](=O)[O-]. The first-order valence-corrected chi connectivity index (χ1v) is 11.4. The Morgan fingerprint density at radius 2 is 1.77 bits per heavy atom. The van der Waals surface area contributed by atoms with Crippen molar-refractivity contribution in [3.05, 3.63) is 57.6 Å². The zero-order valence-electron chi connectivity index (χ0n) is 17.8. The monoisotopic (exact) mass is 446 g/mol. The largest absolute Gasteiger partial charge is 0.376 e. The van der Waals surface area contributed by atoms with E-state index in [2.05, 4.69) is 5.32 Å². The highest BCUT2D eigenvalue weighted by atomic mass is 32.2. The van der Waals surface area contributed by atoms with Crippen molar-refractivity contribution in [3.8, 4) is 0 Å². The average molecular weight is 447 g/mol. The van der Waals surface area contributed by atoms with E-state index in [1.807, 2.05) is 0 Å². The van der Waals surface area contributed by atoms with Gasteiger partial charge in [0.25, 0.3) is 11.6 Å². The lowest BCUT2D eigenvalue weighted by Gasteiger charge is -2.26. The number of hydrogen-bond acceptors (Lipinski definition) is 6. The molecule has 1 fully saturated rings. The highest BCUT2D eigenvalue weighted by Gasteiger charge is 2.27. The topological polar surface area (TPSA) is 113 Å². The molecule has 2 aromatic carbocycles. The number of nitrogens with one attached hydrogen (secondary N) is 1. The summed E-state index contributed by atoms with van der Waals surface area (Å²) in [5, 5.41) is 13.8. The van der Waals surface area contributed by atoms with E-state index in [-0.39, 0.29) is 16.1 Å². The first-order chi connectivity index (χ1) is 14.6. The predicted molar refractivity (Wildman–Crippen MR) is 119 cm³/mol. The van der Waals surface area contributed by atoms with Crippen molar-refractivity contribution in [1.82, 2.24) is 4.31 Å². The van der Waals surface area contributed by atoms with Crippen LogP contribution in [0.5, 0.6) is 0 Å². The highest BCUT2D eigenvalue weighted by molar-refractivity contribution is 7.89. The molecule has 1 aliphatic heterocycles. The number of nitro benzene ring substituents is 1. The van der Waals surface area contributed by atoms with E-state index in [0.717, 1.165) is 19.3 Å². The van der Waals surface area contributed by atoms with Crippen LogP contribution < -0.4 is 10.2 Å². The quantitative estimate of drug-likeness (QED) is 0.538. The summed E-state index contributed by atoms with van der Waals surface area (Å²) in [6.07, 6.45) is 2.68. The fourth-order valence-electron chi connectivity index (χ4n) is 3.62. The van der Waals surface area contributed by atoms with Crippen molar-refractivity contribution < 1.29 is 18.1 Å². The number of benzene rings is 2. The standard InChI is InChI=1S/C21H26N4O5S/c1-15-13-16(7-9-19(15)25(27)28)21(26)22-18-14-17(8-10-20(18)23(2)3)31(29,30)24-11-5-4-6-12-24/h7-10,13-14H,4-6,11-12H2,1-3H3,(H,22,26). The Morgan fingerprint density at radius 3 is 2.35 bits per heavy atom. The lowest BCUT2D eigenvalue weighted by molar-refractivity contribution is -0.385. The van der Waals surface area contributed by atoms with Crippen molar-refractivity contribution >= 4 is 33.0 Å². The van der Waals surface area contributed by atoms with Gasteiger partial charge in [-0.1, -0.05) is 6.42 Å². The Bertz CT molecular complexity index is 1110. The summed E-state index contributed by atoms with van der Waals surface area (Å²) < 4.78 is 27.6. The molecular formula is C21H26N4O5S. The van der Waals surface area contributed by atoms with Crippen molar-refractivity contribution in [2.24, 2.45) is 0 Å². The van der Waals surface area contributed by atoms with Gasteiger partial charge in [0, 0.05) is 44.4 Å². The van der Waals surface area contributed by atoms with Crippen LogP contribution in [0.4, 0.5) is 17.1 Å². The molecule has 1 heterocycles. The maximum atomic E-state index is 13.1. The third-order valence-corrected chi connectivity index (χ3v) is 7.20. The lowest BCUT2D eigenvalue weighted by Crippen LogP contribution is -2.35. The molecule has 0 saturated carbocycles. The Kier molecular flexibility index (Phi) is 6.61. The van der Waals surface area contributed by atoms with Gasteiger partial charge in [-0.3, -0.25) is 14.9 Å². The minimum Gasteiger partial charge on any atom is -0.376 e. The average Bonchev–Trinajstić information content (AvgIpc) is 2.73. The fourth-order valence-corrected chi connectivity index (χ4v) is 5.16. The van der Waals surface area contributed by atoms with E-state index in [9.17, 15) is 23.3 Å². The van der Waals surface area contributed by atoms with Gasteiger partial charge in [0.1, 0.15) is 0 Å². The molecule has 1 aliphatic rings. The van der Waals surface area contributed by atoms with Crippen molar-refractivity contribution in [1.29, 1.82) is 0 Å². The normalized spacial score (nSPS) is 14.8. The molecule has 1 N–H and O–H groups in total. The van der Waals surface area contributed by atoms with Crippen LogP contribution in [0.15, 0.2) is 41.3 Å². The molecule has 0 atom stereocenters. The van der Waals surface area contributed by atoms with Crippen LogP contribution in [0.2, 0.25) is 0 Å². The fraction of sp³-hybridized carbons (Fsp3) is 0.381.